The molecule has 0 aliphatic carbocycles. The largest absolute Gasteiger partial charge is 0.416 e. The molecule has 1 aromatic carbocycles. The zero-order chi connectivity index (χ0) is 25.2. The molecule has 0 saturated carbocycles. The normalized spacial score (nSPS) is 14.9. The fourth-order valence-corrected chi connectivity index (χ4v) is 4.19. The van der Waals surface area contributed by atoms with Crippen LogP contribution in [0.3, 0.4) is 0 Å². The van der Waals surface area contributed by atoms with Gasteiger partial charge in [-0.15, -0.1) is 5.10 Å². The molecular weight excluding hydrogens is 463 g/mol. The van der Waals surface area contributed by atoms with Crippen LogP contribution in [0.2, 0.25) is 0 Å². The van der Waals surface area contributed by atoms with Crippen molar-refractivity contribution in [3.05, 3.63) is 57.4 Å². The van der Waals surface area contributed by atoms with Crippen LogP contribution in [0, 0.1) is 17.0 Å². The summed E-state index contributed by atoms with van der Waals surface area (Å²) in [4.78, 5) is 19.5. The third-order valence-electron chi connectivity index (χ3n) is 6.18. The van der Waals surface area contributed by atoms with Crippen LogP contribution in [0.1, 0.15) is 23.7 Å². The molecule has 1 saturated heterocycles. The Hall–Kier alpha value is -3.54. The number of fused-ring (bicyclic) bond motifs is 1. The number of nitrogens with zero attached hydrogens (tertiary/aromatic N) is 6. The van der Waals surface area contributed by atoms with Gasteiger partial charge in [-0.2, -0.15) is 18.3 Å². The topological polar surface area (TPSA) is 100 Å². The zero-order valence-electron chi connectivity index (χ0n) is 19.5. The van der Waals surface area contributed by atoms with Crippen LogP contribution in [-0.4, -0.2) is 64.3 Å². The molecule has 0 unspecified atom stereocenters. The molecule has 9 nitrogen and oxygen atoms in total. The fourth-order valence-electron chi connectivity index (χ4n) is 4.19. The van der Waals surface area contributed by atoms with E-state index in [0.717, 1.165) is 55.9 Å². The maximum absolute atomic E-state index is 13.2. The number of hydrogen-bond donors (Lipinski definition) is 1. The van der Waals surface area contributed by atoms with Gasteiger partial charge in [0.05, 0.1) is 33.6 Å². The van der Waals surface area contributed by atoms with E-state index in [1.54, 1.807) is 0 Å². The van der Waals surface area contributed by atoms with Crippen molar-refractivity contribution in [1.29, 1.82) is 0 Å². The fraction of sp³-hybridized carbons (Fsp3) is 0.435. The smallest absolute Gasteiger partial charge is 0.368 e. The Morgan fingerprint density at radius 1 is 1.11 bits per heavy atom. The number of pyridine rings is 1. The Bertz CT molecular complexity index is 1230. The van der Waals surface area contributed by atoms with Crippen molar-refractivity contribution in [1.82, 2.24) is 20.1 Å². The van der Waals surface area contributed by atoms with E-state index in [-0.39, 0.29) is 18.5 Å². The molecule has 1 fully saturated rings. The van der Waals surface area contributed by atoms with E-state index in [0.29, 0.717) is 23.1 Å². The van der Waals surface area contributed by atoms with Crippen LogP contribution in [0.5, 0.6) is 0 Å². The summed E-state index contributed by atoms with van der Waals surface area (Å²) in [5.41, 5.74) is 0.898. The molecule has 0 bridgehead atoms. The molecule has 186 valence electrons. The number of aryl methyl sites for hydroxylation is 1. The summed E-state index contributed by atoms with van der Waals surface area (Å²) in [6, 6.07) is 4.64. The molecule has 0 radical (unpaired) electrons. The number of aromatic nitrogens is 3. The molecular formula is C23H26F3N7O2. The highest BCUT2D eigenvalue weighted by Gasteiger charge is 2.32. The second kappa shape index (κ2) is 9.98. The van der Waals surface area contributed by atoms with Gasteiger partial charge in [0.15, 0.2) is 5.82 Å². The lowest BCUT2D eigenvalue weighted by atomic mass is 10.1. The van der Waals surface area contributed by atoms with Gasteiger partial charge < -0.3 is 15.1 Å². The van der Waals surface area contributed by atoms with E-state index in [2.05, 4.69) is 37.2 Å². The first-order chi connectivity index (χ1) is 16.7. The Kier molecular flexibility index (Phi) is 7.01. The lowest BCUT2D eigenvalue weighted by molar-refractivity contribution is -0.385. The van der Waals surface area contributed by atoms with Crippen LogP contribution in [-0.2, 0) is 12.6 Å². The summed E-state index contributed by atoms with van der Waals surface area (Å²) in [5, 5.41) is 23.4. The van der Waals surface area contributed by atoms with Gasteiger partial charge in [-0.1, -0.05) is 6.92 Å². The van der Waals surface area contributed by atoms with Gasteiger partial charge in [0.2, 0.25) is 0 Å². The molecule has 0 amide bonds. The molecule has 12 heteroatoms. The molecule has 0 spiro atoms. The molecule has 1 aliphatic rings. The van der Waals surface area contributed by atoms with Crippen molar-refractivity contribution in [3.63, 3.8) is 0 Å². The van der Waals surface area contributed by atoms with Gasteiger partial charge >= 0.3 is 6.18 Å². The van der Waals surface area contributed by atoms with Crippen molar-refractivity contribution in [2.24, 2.45) is 0 Å². The number of piperazine rings is 1. The van der Waals surface area contributed by atoms with Crippen LogP contribution in [0.15, 0.2) is 30.5 Å². The second-order valence-corrected chi connectivity index (χ2v) is 8.46. The third kappa shape index (κ3) is 5.59. The summed E-state index contributed by atoms with van der Waals surface area (Å²) >= 11 is 0. The number of likely N-dealkylation sites (N-methyl/N-ethyl adjacent to an activating group) is 1. The summed E-state index contributed by atoms with van der Waals surface area (Å²) in [6.07, 6.45) is -2.71. The summed E-state index contributed by atoms with van der Waals surface area (Å²) in [5.74, 6) is 0.466. The molecule has 3 heterocycles. The number of halogens is 3. The molecule has 1 N–H and O–H groups in total. The van der Waals surface area contributed by atoms with Crippen LogP contribution in [0.4, 0.5) is 30.4 Å². The lowest BCUT2D eigenvalue weighted by Gasteiger charge is -2.35. The summed E-state index contributed by atoms with van der Waals surface area (Å²) < 4.78 is 39.5. The summed E-state index contributed by atoms with van der Waals surface area (Å²) in [6.45, 7) is 8.89. The third-order valence-corrected chi connectivity index (χ3v) is 6.18. The molecule has 1 aliphatic heterocycles. The summed E-state index contributed by atoms with van der Waals surface area (Å²) in [7, 11) is 0. The number of nitrogens with one attached hydrogen (secondary N) is 1. The maximum atomic E-state index is 13.2. The minimum atomic E-state index is -4.67. The Labute approximate surface area is 200 Å². The number of nitro groups is 1. The number of anilines is 2. The molecule has 0 atom stereocenters. The van der Waals surface area contributed by atoms with Crippen molar-refractivity contribution in [3.8, 4) is 0 Å². The Balaban J connectivity index is 1.54. The monoisotopic (exact) mass is 489 g/mol. The van der Waals surface area contributed by atoms with E-state index in [9.17, 15) is 23.3 Å². The molecule has 2 aromatic heterocycles. The minimum Gasteiger partial charge on any atom is -0.368 e. The minimum absolute atomic E-state index is 0.133. The van der Waals surface area contributed by atoms with Crippen molar-refractivity contribution in [2.75, 3.05) is 49.5 Å². The predicted molar refractivity (Wildman–Crippen MR) is 127 cm³/mol. The van der Waals surface area contributed by atoms with Crippen LogP contribution < -0.4 is 10.2 Å². The molecule has 3 aromatic rings. The SMILES string of the molecule is CCN1CCN(c2cnc3c(C)nnc(NCCc4cc([N+](=O)[O-])cc(C(F)(F)F)c4)c3c2)CC1. The lowest BCUT2D eigenvalue weighted by Crippen LogP contribution is -2.46. The number of hydrogen-bond acceptors (Lipinski definition) is 8. The van der Waals surface area contributed by atoms with Gasteiger partial charge in [-0.05, 0) is 37.6 Å². The average molecular weight is 490 g/mol. The average Bonchev–Trinajstić information content (AvgIpc) is 2.84. The molecule has 35 heavy (non-hydrogen) atoms. The van der Waals surface area contributed by atoms with Crippen LogP contribution in [0.25, 0.3) is 10.9 Å². The van der Waals surface area contributed by atoms with Crippen molar-refractivity contribution < 1.29 is 18.1 Å². The zero-order valence-corrected chi connectivity index (χ0v) is 19.5. The van der Waals surface area contributed by atoms with Gasteiger partial charge in [-0.25, -0.2) is 0 Å². The first-order valence-corrected chi connectivity index (χ1v) is 11.4. The number of benzene rings is 1. The van der Waals surface area contributed by atoms with E-state index in [1.165, 1.54) is 0 Å². The van der Waals surface area contributed by atoms with Gasteiger partial charge in [0.25, 0.3) is 5.69 Å². The number of alkyl halides is 3. The van der Waals surface area contributed by atoms with E-state index in [1.807, 2.05) is 19.2 Å². The number of nitro benzene ring substituents is 1. The van der Waals surface area contributed by atoms with Crippen molar-refractivity contribution >= 4 is 28.1 Å². The van der Waals surface area contributed by atoms with Crippen LogP contribution >= 0.6 is 0 Å². The first kappa shape index (κ1) is 24.6. The second-order valence-electron chi connectivity index (χ2n) is 8.46. The maximum Gasteiger partial charge on any atom is 0.416 e. The van der Waals surface area contributed by atoms with Gasteiger partial charge in [0, 0.05) is 50.2 Å². The highest BCUT2D eigenvalue weighted by molar-refractivity contribution is 5.92. The van der Waals surface area contributed by atoms with E-state index < -0.39 is 22.4 Å². The van der Waals surface area contributed by atoms with Gasteiger partial charge in [-0.3, -0.25) is 15.1 Å². The molecule has 4 rings (SSSR count). The Morgan fingerprint density at radius 2 is 1.86 bits per heavy atom. The van der Waals surface area contributed by atoms with E-state index in [4.69, 9.17) is 0 Å². The Morgan fingerprint density at radius 3 is 2.51 bits per heavy atom. The van der Waals surface area contributed by atoms with Gasteiger partial charge in [0.1, 0.15) is 0 Å². The number of rotatable bonds is 7. The highest BCUT2D eigenvalue weighted by atomic mass is 19.4. The standard InChI is InChI=1S/C23H26F3N7O2/c1-3-31-6-8-32(9-7-31)19-13-20-21(28-14-19)15(2)29-30-22(20)27-5-4-16-10-17(23(24,25)26)12-18(11-16)33(34)35/h10-14H,3-9H2,1-2H3,(H,27,30). The number of non-ortho nitro benzene ring substituents is 1. The highest BCUT2D eigenvalue weighted by Crippen LogP contribution is 2.33. The predicted octanol–water partition coefficient (Wildman–Crippen LogP) is 4.06. The van der Waals surface area contributed by atoms with Crippen molar-refractivity contribution in [2.45, 2.75) is 26.4 Å². The first-order valence-electron chi connectivity index (χ1n) is 11.4. The quantitative estimate of drug-likeness (QED) is 0.392. The van der Waals surface area contributed by atoms with E-state index >= 15 is 0 Å².